The monoisotopic (exact) mass is 332 g/mol. The van der Waals surface area contributed by atoms with Gasteiger partial charge in [-0.2, -0.15) is 0 Å². The van der Waals surface area contributed by atoms with Crippen LogP contribution in [0.5, 0.6) is 5.75 Å². The van der Waals surface area contributed by atoms with Crippen molar-refractivity contribution in [2.45, 2.75) is 0 Å². The number of aromatic amines is 1. The van der Waals surface area contributed by atoms with Gasteiger partial charge in [0.1, 0.15) is 11.4 Å². The van der Waals surface area contributed by atoms with Crippen LogP contribution >= 0.6 is 0 Å². The molecule has 4 aromatic rings. The van der Waals surface area contributed by atoms with Gasteiger partial charge in [-0.05, 0) is 24.3 Å². The number of methoxy groups -OCH3 is 2. The first kappa shape index (κ1) is 15.2. The van der Waals surface area contributed by atoms with Crippen molar-refractivity contribution in [2.24, 2.45) is 0 Å². The van der Waals surface area contributed by atoms with Crippen LogP contribution in [0, 0.1) is 0 Å². The van der Waals surface area contributed by atoms with Crippen LogP contribution in [0.1, 0.15) is 10.5 Å². The summed E-state index contributed by atoms with van der Waals surface area (Å²) in [7, 11) is 2.97. The van der Waals surface area contributed by atoms with Crippen molar-refractivity contribution in [3.05, 3.63) is 60.3 Å². The maximum atomic E-state index is 12.1. The van der Waals surface area contributed by atoms with Gasteiger partial charge >= 0.3 is 5.97 Å². The smallest absolute Gasteiger partial charge is 0.356 e. The van der Waals surface area contributed by atoms with Gasteiger partial charge in [-0.15, -0.1) is 0 Å². The summed E-state index contributed by atoms with van der Waals surface area (Å²) in [4.78, 5) is 20.1. The van der Waals surface area contributed by atoms with Crippen LogP contribution in [0.15, 0.2) is 54.6 Å². The number of benzene rings is 2. The summed E-state index contributed by atoms with van der Waals surface area (Å²) >= 11 is 0. The van der Waals surface area contributed by atoms with Crippen molar-refractivity contribution < 1.29 is 14.3 Å². The van der Waals surface area contributed by atoms with E-state index in [1.807, 2.05) is 48.5 Å². The minimum Gasteiger partial charge on any atom is -0.496 e. The number of rotatable bonds is 3. The van der Waals surface area contributed by atoms with Crippen LogP contribution in [0.4, 0.5) is 0 Å². The number of hydrogen-bond donors (Lipinski definition) is 1. The van der Waals surface area contributed by atoms with Gasteiger partial charge < -0.3 is 14.5 Å². The molecule has 0 spiro atoms. The number of ether oxygens (including phenoxy) is 2. The largest absolute Gasteiger partial charge is 0.496 e. The molecule has 5 nitrogen and oxygen atoms in total. The molecule has 0 fully saturated rings. The van der Waals surface area contributed by atoms with Gasteiger partial charge in [-0.3, -0.25) is 0 Å². The van der Waals surface area contributed by atoms with Crippen molar-refractivity contribution in [3.8, 4) is 17.0 Å². The van der Waals surface area contributed by atoms with Crippen molar-refractivity contribution in [1.82, 2.24) is 9.97 Å². The third kappa shape index (κ3) is 2.41. The molecular weight excluding hydrogens is 316 g/mol. The number of hydrogen-bond acceptors (Lipinski definition) is 4. The standard InChI is InChI=1S/C20H16N2O3/c1-24-17-10-6-4-8-13(17)18-19-14(11-16(22-18)20(23)25-2)12-7-3-5-9-15(12)21-19/h3-11,21H,1-2H3. The molecule has 0 amide bonds. The molecule has 0 unspecified atom stereocenters. The lowest BCUT2D eigenvalue weighted by Crippen LogP contribution is -2.05. The Morgan fingerprint density at radius 3 is 2.56 bits per heavy atom. The van der Waals surface area contributed by atoms with Crippen molar-refractivity contribution in [3.63, 3.8) is 0 Å². The summed E-state index contributed by atoms with van der Waals surface area (Å²) in [6.45, 7) is 0. The molecule has 2 aromatic heterocycles. The van der Waals surface area contributed by atoms with E-state index in [-0.39, 0.29) is 5.69 Å². The lowest BCUT2D eigenvalue weighted by molar-refractivity contribution is 0.0594. The minimum atomic E-state index is -0.469. The van der Waals surface area contributed by atoms with Gasteiger partial charge in [-0.25, -0.2) is 9.78 Å². The average Bonchev–Trinajstić information content (AvgIpc) is 3.05. The van der Waals surface area contributed by atoms with Gasteiger partial charge in [0, 0.05) is 21.9 Å². The predicted molar refractivity (Wildman–Crippen MR) is 96.9 cm³/mol. The molecule has 2 heterocycles. The highest BCUT2D eigenvalue weighted by Gasteiger charge is 2.19. The first-order valence-corrected chi connectivity index (χ1v) is 7.86. The zero-order valence-electron chi connectivity index (χ0n) is 13.9. The molecule has 0 saturated heterocycles. The molecule has 124 valence electrons. The Kier molecular flexibility index (Phi) is 3.61. The molecule has 0 saturated carbocycles. The Morgan fingerprint density at radius 2 is 1.76 bits per heavy atom. The Bertz CT molecular complexity index is 1100. The van der Waals surface area contributed by atoms with E-state index in [2.05, 4.69) is 9.97 Å². The molecular formula is C20H16N2O3. The lowest BCUT2D eigenvalue weighted by atomic mass is 10.1. The Hall–Kier alpha value is -3.34. The second-order valence-electron chi connectivity index (χ2n) is 5.64. The van der Waals surface area contributed by atoms with E-state index >= 15 is 0 Å². The number of esters is 1. The van der Waals surface area contributed by atoms with E-state index in [9.17, 15) is 4.79 Å². The molecule has 0 aliphatic heterocycles. The van der Waals surface area contributed by atoms with Gasteiger partial charge in [0.15, 0.2) is 0 Å². The molecule has 2 aromatic carbocycles. The summed E-state index contributed by atoms with van der Waals surface area (Å²) in [6, 6.07) is 17.3. The maximum Gasteiger partial charge on any atom is 0.356 e. The van der Waals surface area contributed by atoms with Crippen LogP contribution < -0.4 is 4.74 Å². The Balaban J connectivity index is 2.13. The third-order valence-electron chi connectivity index (χ3n) is 4.25. The molecule has 4 rings (SSSR count). The average molecular weight is 332 g/mol. The molecule has 0 aliphatic rings. The number of para-hydroxylation sites is 2. The van der Waals surface area contributed by atoms with E-state index in [0.29, 0.717) is 11.4 Å². The summed E-state index contributed by atoms with van der Waals surface area (Å²) in [5, 5.41) is 1.95. The fourth-order valence-corrected chi connectivity index (χ4v) is 3.09. The summed E-state index contributed by atoms with van der Waals surface area (Å²) in [5.41, 5.74) is 3.58. The van der Waals surface area contributed by atoms with Gasteiger partial charge in [0.05, 0.1) is 25.4 Å². The van der Waals surface area contributed by atoms with E-state index in [4.69, 9.17) is 9.47 Å². The normalized spacial score (nSPS) is 11.0. The second-order valence-corrected chi connectivity index (χ2v) is 5.64. The third-order valence-corrected chi connectivity index (χ3v) is 4.25. The zero-order chi connectivity index (χ0) is 17.4. The van der Waals surface area contributed by atoms with E-state index in [0.717, 1.165) is 27.4 Å². The molecule has 5 heteroatoms. The quantitative estimate of drug-likeness (QED) is 0.572. The van der Waals surface area contributed by atoms with Crippen LogP contribution in [0.25, 0.3) is 33.1 Å². The molecule has 1 N–H and O–H groups in total. The highest BCUT2D eigenvalue weighted by Crippen LogP contribution is 2.36. The lowest BCUT2D eigenvalue weighted by Gasteiger charge is -2.10. The number of fused-ring (bicyclic) bond motifs is 3. The van der Waals surface area contributed by atoms with Crippen LogP contribution in [-0.4, -0.2) is 30.2 Å². The van der Waals surface area contributed by atoms with Crippen molar-refractivity contribution in [2.75, 3.05) is 14.2 Å². The first-order valence-electron chi connectivity index (χ1n) is 7.86. The van der Waals surface area contributed by atoms with Gasteiger partial charge in [0.2, 0.25) is 0 Å². The van der Waals surface area contributed by atoms with E-state index in [1.165, 1.54) is 7.11 Å². The zero-order valence-corrected chi connectivity index (χ0v) is 13.9. The van der Waals surface area contributed by atoms with Crippen molar-refractivity contribution >= 4 is 27.8 Å². The topological polar surface area (TPSA) is 64.2 Å². The number of carbonyl (C=O) groups excluding carboxylic acids is 1. The van der Waals surface area contributed by atoms with Crippen LogP contribution in [0.3, 0.4) is 0 Å². The van der Waals surface area contributed by atoms with Gasteiger partial charge in [0.25, 0.3) is 0 Å². The molecule has 0 aliphatic carbocycles. The minimum absolute atomic E-state index is 0.264. The fourth-order valence-electron chi connectivity index (χ4n) is 3.09. The SMILES string of the molecule is COC(=O)c1cc2c([nH]c3ccccc32)c(-c2ccccc2OC)n1. The first-order chi connectivity index (χ1) is 12.2. The highest BCUT2D eigenvalue weighted by molar-refractivity contribution is 6.13. The molecule has 0 atom stereocenters. The Labute approximate surface area is 144 Å². The predicted octanol–water partition coefficient (Wildman–Crippen LogP) is 4.18. The number of nitrogens with one attached hydrogen (secondary N) is 1. The summed E-state index contributed by atoms with van der Waals surface area (Å²) < 4.78 is 10.4. The highest BCUT2D eigenvalue weighted by atomic mass is 16.5. The molecule has 0 bridgehead atoms. The summed E-state index contributed by atoms with van der Waals surface area (Å²) in [6.07, 6.45) is 0. The van der Waals surface area contributed by atoms with Crippen molar-refractivity contribution in [1.29, 1.82) is 0 Å². The number of aromatic nitrogens is 2. The van der Waals surface area contributed by atoms with Gasteiger partial charge in [-0.1, -0.05) is 30.3 Å². The molecule has 25 heavy (non-hydrogen) atoms. The summed E-state index contributed by atoms with van der Waals surface area (Å²) in [5.74, 6) is 0.223. The van der Waals surface area contributed by atoms with Crippen LogP contribution in [0.2, 0.25) is 0 Å². The second kappa shape index (κ2) is 5.94. The number of nitrogens with zero attached hydrogens (tertiary/aromatic N) is 1. The molecule has 0 radical (unpaired) electrons. The number of H-pyrrole nitrogens is 1. The van der Waals surface area contributed by atoms with E-state index < -0.39 is 5.97 Å². The van der Waals surface area contributed by atoms with Crippen LogP contribution in [-0.2, 0) is 4.74 Å². The number of pyridine rings is 1. The van der Waals surface area contributed by atoms with E-state index in [1.54, 1.807) is 13.2 Å². The number of carbonyl (C=O) groups is 1. The maximum absolute atomic E-state index is 12.1. The fraction of sp³-hybridized carbons (Fsp3) is 0.100. The Morgan fingerprint density at radius 1 is 1.00 bits per heavy atom.